The summed E-state index contributed by atoms with van der Waals surface area (Å²) in [6.45, 7) is 2.56. The second-order valence-electron chi connectivity index (χ2n) is 3.78. The molecule has 0 bridgehead atoms. The highest BCUT2D eigenvalue weighted by Crippen LogP contribution is 2.08. The van der Waals surface area contributed by atoms with Crippen molar-refractivity contribution in [1.29, 1.82) is 0 Å². The Hall–Kier alpha value is -0.240. The number of ether oxygens (including phenoxy) is 1. The number of carbonyl (C=O) groups is 1. The number of alkyl halides is 1. The van der Waals surface area contributed by atoms with Crippen LogP contribution in [-0.4, -0.2) is 18.5 Å². The van der Waals surface area contributed by atoms with Gasteiger partial charge in [-0.05, 0) is 6.42 Å². The Kier molecular flexibility index (Phi) is 11.6. The molecule has 0 aromatic rings. The zero-order valence-corrected chi connectivity index (χ0v) is 10.5. The summed E-state index contributed by atoms with van der Waals surface area (Å²) in [5.41, 5.74) is 0. The van der Waals surface area contributed by atoms with Gasteiger partial charge in [0.2, 0.25) is 0 Å². The van der Waals surface area contributed by atoms with Crippen molar-refractivity contribution < 1.29 is 9.53 Å². The van der Waals surface area contributed by atoms with E-state index in [-0.39, 0.29) is 5.97 Å². The van der Waals surface area contributed by atoms with E-state index >= 15 is 0 Å². The smallest absolute Gasteiger partial charge is 0.305 e. The van der Waals surface area contributed by atoms with Crippen LogP contribution < -0.4 is 0 Å². The Labute approximate surface area is 98.3 Å². The van der Waals surface area contributed by atoms with Gasteiger partial charge in [-0.1, -0.05) is 45.4 Å². The van der Waals surface area contributed by atoms with Crippen molar-refractivity contribution in [3.63, 3.8) is 0 Å². The number of carbonyl (C=O) groups excluding carboxylic acids is 1. The molecule has 0 N–H and O–H groups in total. The van der Waals surface area contributed by atoms with E-state index < -0.39 is 0 Å². The lowest BCUT2D eigenvalue weighted by atomic mass is 10.1. The third-order valence-corrected chi connectivity index (χ3v) is 2.48. The SMILES string of the molecule is CCCCCCCCCC(=O)OCCCl. The van der Waals surface area contributed by atoms with Gasteiger partial charge in [0, 0.05) is 6.42 Å². The first kappa shape index (κ1) is 14.8. The van der Waals surface area contributed by atoms with Gasteiger partial charge in [-0.15, -0.1) is 11.6 Å². The Morgan fingerprint density at radius 3 is 2.27 bits per heavy atom. The van der Waals surface area contributed by atoms with Crippen molar-refractivity contribution in [2.75, 3.05) is 12.5 Å². The predicted octanol–water partition coefficient (Wildman–Crippen LogP) is 3.91. The van der Waals surface area contributed by atoms with Crippen LogP contribution in [-0.2, 0) is 9.53 Å². The first-order chi connectivity index (χ1) is 7.31. The second kappa shape index (κ2) is 11.8. The van der Waals surface area contributed by atoms with Crippen LogP contribution in [0.4, 0.5) is 0 Å². The second-order valence-corrected chi connectivity index (χ2v) is 4.16. The van der Waals surface area contributed by atoms with Crippen LogP contribution in [0, 0.1) is 0 Å². The molecule has 0 aromatic heterocycles. The molecule has 0 aliphatic rings. The minimum Gasteiger partial charge on any atom is -0.464 e. The fourth-order valence-electron chi connectivity index (χ4n) is 1.45. The van der Waals surface area contributed by atoms with E-state index in [1.165, 1.54) is 32.1 Å². The predicted molar refractivity (Wildman–Crippen MR) is 64.3 cm³/mol. The van der Waals surface area contributed by atoms with Crippen molar-refractivity contribution in [3.8, 4) is 0 Å². The van der Waals surface area contributed by atoms with Gasteiger partial charge in [-0.3, -0.25) is 4.79 Å². The average molecular weight is 235 g/mol. The van der Waals surface area contributed by atoms with Crippen LogP contribution >= 0.6 is 11.6 Å². The summed E-state index contributed by atoms with van der Waals surface area (Å²) in [5.74, 6) is 0.284. The molecule has 15 heavy (non-hydrogen) atoms. The summed E-state index contributed by atoms with van der Waals surface area (Å²) in [6.07, 6.45) is 9.11. The minimum atomic E-state index is -0.107. The maximum absolute atomic E-state index is 11.1. The molecular formula is C12H23ClO2. The fourth-order valence-corrected chi connectivity index (χ4v) is 1.53. The summed E-state index contributed by atoms with van der Waals surface area (Å²) in [6, 6.07) is 0. The van der Waals surface area contributed by atoms with E-state index in [4.69, 9.17) is 16.3 Å². The monoisotopic (exact) mass is 234 g/mol. The van der Waals surface area contributed by atoms with Crippen LogP contribution in [0.5, 0.6) is 0 Å². The Morgan fingerprint density at radius 2 is 1.67 bits per heavy atom. The summed E-state index contributed by atoms with van der Waals surface area (Å²) >= 11 is 5.40. The highest BCUT2D eigenvalue weighted by atomic mass is 35.5. The molecule has 0 unspecified atom stereocenters. The third kappa shape index (κ3) is 11.7. The highest BCUT2D eigenvalue weighted by Gasteiger charge is 2.01. The number of halogens is 1. The van der Waals surface area contributed by atoms with Gasteiger partial charge in [-0.2, -0.15) is 0 Å². The van der Waals surface area contributed by atoms with Crippen LogP contribution in [0.2, 0.25) is 0 Å². The third-order valence-electron chi connectivity index (χ3n) is 2.32. The molecule has 0 heterocycles. The summed E-state index contributed by atoms with van der Waals surface area (Å²) in [5, 5.41) is 0. The van der Waals surface area contributed by atoms with Gasteiger partial charge in [0.05, 0.1) is 5.88 Å². The fraction of sp³-hybridized carbons (Fsp3) is 0.917. The quantitative estimate of drug-likeness (QED) is 0.326. The largest absolute Gasteiger partial charge is 0.464 e. The van der Waals surface area contributed by atoms with Crippen LogP contribution in [0.15, 0.2) is 0 Å². The molecule has 0 atom stereocenters. The van der Waals surface area contributed by atoms with Gasteiger partial charge in [-0.25, -0.2) is 0 Å². The lowest BCUT2D eigenvalue weighted by Crippen LogP contribution is -2.06. The van der Waals surface area contributed by atoms with Gasteiger partial charge in [0.25, 0.3) is 0 Å². The van der Waals surface area contributed by atoms with Crippen molar-refractivity contribution in [2.45, 2.75) is 58.3 Å². The molecular weight excluding hydrogens is 212 g/mol. The number of hydrogen-bond acceptors (Lipinski definition) is 2. The van der Waals surface area contributed by atoms with Gasteiger partial charge < -0.3 is 4.74 Å². The average Bonchev–Trinajstić information content (AvgIpc) is 2.25. The molecule has 0 saturated heterocycles. The van der Waals surface area contributed by atoms with E-state index in [2.05, 4.69) is 6.92 Å². The van der Waals surface area contributed by atoms with Crippen molar-refractivity contribution in [3.05, 3.63) is 0 Å². The summed E-state index contributed by atoms with van der Waals surface area (Å²) < 4.78 is 4.87. The molecule has 2 nitrogen and oxygen atoms in total. The van der Waals surface area contributed by atoms with Crippen molar-refractivity contribution >= 4 is 17.6 Å². The van der Waals surface area contributed by atoms with E-state index in [0.29, 0.717) is 18.9 Å². The molecule has 3 heteroatoms. The molecule has 0 aliphatic heterocycles. The number of unbranched alkanes of at least 4 members (excludes halogenated alkanes) is 6. The lowest BCUT2D eigenvalue weighted by Gasteiger charge is -2.02. The molecule has 0 rings (SSSR count). The van der Waals surface area contributed by atoms with Gasteiger partial charge in [0.1, 0.15) is 6.61 Å². The zero-order chi connectivity index (χ0) is 11.4. The lowest BCUT2D eigenvalue weighted by molar-refractivity contribution is -0.143. The Bertz CT molecular complexity index is 149. The minimum absolute atomic E-state index is 0.107. The topological polar surface area (TPSA) is 26.3 Å². The molecule has 0 amide bonds. The maximum Gasteiger partial charge on any atom is 0.305 e. The first-order valence-corrected chi connectivity index (χ1v) is 6.56. The molecule has 0 aromatic carbocycles. The Morgan fingerprint density at radius 1 is 1.07 bits per heavy atom. The highest BCUT2D eigenvalue weighted by molar-refractivity contribution is 6.18. The van der Waals surface area contributed by atoms with E-state index in [9.17, 15) is 4.79 Å². The van der Waals surface area contributed by atoms with Crippen molar-refractivity contribution in [1.82, 2.24) is 0 Å². The molecule has 0 spiro atoms. The number of esters is 1. The zero-order valence-electron chi connectivity index (χ0n) is 9.77. The molecule has 0 aliphatic carbocycles. The summed E-state index contributed by atoms with van der Waals surface area (Å²) in [4.78, 5) is 11.1. The molecule has 0 fully saturated rings. The van der Waals surface area contributed by atoms with E-state index in [1.807, 2.05) is 0 Å². The summed E-state index contributed by atoms with van der Waals surface area (Å²) in [7, 11) is 0. The normalized spacial score (nSPS) is 10.3. The number of rotatable bonds is 10. The Balaban J connectivity index is 3.06. The van der Waals surface area contributed by atoms with Crippen LogP contribution in [0.3, 0.4) is 0 Å². The number of hydrogen-bond donors (Lipinski definition) is 0. The van der Waals surface area contributed by atoms with Crippen molar-refractivity contribution in [2.24, 2.45) is 0 Å². The maximum atomic E-state index is 11.1. The standard InChI is InChI=1S/C12H23ClO2/c1-2-3-4-5-6-7-8-9-12(14)15-11-10-13/h2-11H2,1H3. The molecule has 90 valence electrons. The van der Waals surface area contributed by atoms with Crippen LogP contribution in [0.1, 0.15) is 58.3 Å². The van der Waals surface area contributed by atoms with E-state index in [0.717, 1.165) is 12.8 Å². The molecule has 0 saturated carbocycles. The van der Waals surface area contributed by atoms with Gasteiger partial charge >= 0.3 is 5.97 Å². The first-order valence-electron chi connectivity index (χ1n) is 6.02. The molecule has 0 radical (unpaired) electrons. The van der Waals surface area contributed by atoms with E-state index in [1.54, 1.807) is 0 Å². The van der Waals surface area contributed by atoms with Gasteiger partial charge in [0.15, 0.2) is 0 Å². The van der Waals surface area contributed by atoms with Crippen LogP contribution in [0.25, 0.3) is 0 Å².